The van der Waals surface area contributed by atoms with Crippen LogP contribution < -0.4 is 0 Å². The highest BCUT2D eigenvalue weighted by Crippen LogP contribution is 2.31. The largest absolute Gasteiger partial charge is 0.391 e. The van der Waals surface area contributed by atoms with E-state index in [1.165, 1.54) is 18.2 Å². The summed E-state index contributed by atoms with van der Waals surface area (Å²) < 4.78 is 26.9. The Bertz CT molecular complexity index is 504. The minimum absolute atomic E-state index is 0.129. The Kier molecular flexibility index (Phi) is 2.98. The molecule has 0 bridgehead atoms. The van der Waals surface area contributed by atoms with Gasteiger partial charge < -0.3 is 5.11 Å². The van der Waals surface area contributed by atoms with Gasteiger partial charge in [-0.15, -0.1) is 11.3 Å². The lowest BCUT2D eigenvalue weighted by Crippen LogP contribution is -1.88. The summed E-state index contributed by atoms with van der Waals surface area (Å²) in [5.74, 6) is -1.28. The lowest BCUT2D eigenvalue weighted by Gasteiger charge is -1.99. The quantitative estimate of drug-likeness (QED) is 0.877. The fraction of sp³-hybridized carbons (Fsp3) is 0.182. The molecule has 0 aliphatic heterocycles. The van der Waals surface area contributed by atoms with Crippen molar-refractivity contribution in [2.45, 2.75) is 13.5 Å². The van der Waals surface area contributed by atoms with E-state index >= 15 is 0 Å². The van der Waals surface area contributed by atoms with Gasteiger partial charge in [-0.05, 0) is 19.1 Å². The Hall–Kier alpha value is -1.33. The van der Waals surface area contributed by atoms with E-state index in [2.05, 4.69) is 4.98 Å². The van der Waals surface area contributed by atoms with E-state index in [1.807, 2.05) is 0 Å². The van der Waals surface area contributed by atoms with E-state index in [4.69, 9.17) is 5.11 Å². The Morgan fingerprint density at radius 2 is 1.94 bits per heavy atom. The Balaban J connectivity index is 2.58. The zero-order chi connectivity index (χ0) is 11.7. The number of thiazole rings is 1. The van der Waals surface area contributed by atoms with Gasteiger partial charge in [0.1, 0.15) is 16.6 Å². The highest BCUT2D eigenvalue weighted by atomic mass is 32.1. The summed E-state index contributed by atoms with van der Waals surface area (Å²) >= 11 is 1.10. The van der Waals surface area contributed by atoms with Gasteiger partial charge in [0.25, 0.3) is 0 Å². The summed E-state index contributed by atoms with van der Waals surface area (Å²) in [4.78, 5) is 4.67. The van der Waals surface area contributed by atoms with Crippen LogP contribution in [0.15, 0.2) is 18.2 Å². The number of benzene rings is 1. The number of nitrogens with zero attached hydrogens (tertiary/aromatic N) is 1. The third kappa shape index (κ3) is 1.83. The maximum Gasteiger partial charge on any atom is 0.136 e. The SMILES string of the molecule is Cc1nc(-c2c(F)cccc2F)sc1CO. The summed E-state index contributed by atoms with van der Waals surface area (Å²) in [5.41, 5.74) is 0.473. The van der Waals surface area contributed by atoms with Gasteiger partial charge in [-0.25, -0.2) is 13.8 Å². The average molecular weight is 241 g/mol. The summed E-state index contributed by atoms with van der Waals surface area (Å²) in [6.07, 6.45) is 0. The maximum absolute atomic E-state index is 13.4. The van der Waals surface area contributed by atoms with Crippen molar-refractivity contribution in [3.8, 4) is 10.6 Å². The van der Waals surface area contributed by atoms with E-state index in [1.54, 1.807) is 6.92 Å². The number of hydrogen-bond acceptors (Lipinski definition) is 3. The van der Waals surface area contributed by atoms with Crippen LogP contribution in [-0.4, -0.2) is 10.1 Å². The number of rotatable bonds is 2. The molecule has 2 rings (SSSR count). The third-order valence-corrected chi connectivity index (χ3v) is 3.37. The highest BCUT2D eigenvalue weighted by Gasteiger charge is 2.16. The topological polar surface area (TPSA) is 33.1 Å². The Morgan fingerprint density at radius 1 is 1.31 bits per heavy atom. The van der Waals surface area contributed by atoms with Crippen LogP contribution in [0.4, 0.5) is 8.78 Å². The Morgan fingerprint density at radius 3 is 2.44 bits per heavy atom. The van der Waals surface area contributed by atoms with E-state index in [0.717, 1.165) is 11.3 Å². The second-order valence-electron chi connectivity index (χ2n) is 3.28. The molecule has 0 saturated heterocycles. The van der Waals surface area contributed by atoms with Crippen LogP contribution in [0.25, 0.3) is 10.6 Å². The predicted molar refractivity (Wildman–Crippen MR) is 58.1 cm³/mol. The number of aryl methyl sites for hydroxylation is 1. The number of aliphatic hydroxyl groups excluding tert-OH is 1. The van der Waals surface area contributed by atoms with E-state index in [9.17, 15) is 8.78 Å². The molecule has 2 aromatic rings. The normalized spacial score (nSPS) is 10.8. The van der Waals surface area contributed by atoms with Crippen LogP contribution in [0.3, 0.4) is 0 Å². The molecule has 1 N–H and O–H groups in total. The van der Waals surface area contributed by atoms with Crippen LogP contribution in [0.1, 0.15) is 10.6 Å². The first-order chi connectivity index (χ1) is 7.63. The van der Waals surface area contributed by atoms with E-state index in [0.29, 0.717) is 10.6 Å². The smallest absolute Gasteiger partial charge is 0.136 e. The van der Waals surface area contributed by atoms with Crippen LogP contribution in [0.2, 0.25) is 0 Å². The van der Waals surface area contributed by atoms with Crippen molar-refractivity contribution in [3.63, 3.8) is 0 Å². The van der Waals surface area contributed by atoms with E-state index < -0.39 is 11.6 Å². The average Bonchev–Trinajstić information content (AvgIpc) is 2.59. The fourth-order valence-corrected chi connectivity index (χ4v) is 2.35. The van der Waals surface area contributed by atoms with Gasteiger partial charge in [-0.2, -0.15) is 0 Å². The lowest BCUT2D eigenvalue weighted by atomic mass is 10.2. The second kappa shape index (κ2) is 4.27. The first-order valence-electron chi connectivity index (χ1n) is 4.65. The third-order valence-electron chi connectivity index (χ3n) is 2.21. The lowest BCUT2D eigenvalue weighted by molar-refractivity contribution is 0.284. The van der Waals surface area contributed by atoms with Crippen molar-refractivity contribution in [1.82, 2.24) is 4.98 Å². The minimum Gasteiger partial charge on any atom is -0.391 e. The van der Waals surface area contributed by atoms with Gasteiger partial charge in [-0.1, -0.05) is 6.07 Å². The van der Waals surface area contributed by atoms with Gasteiger partial charge in [0.15, 0.2) is 0 Å². The zero-order valence-corrected chi connectivity index (χ0v) is 9.31. The number of hydrogen-bond donors (Lipinski definition) is 1. The highest BCUT2D eigenvalue weighted by molar-refractivity contribution is 7.15. The van der Waals surface area contributed by atoms with E-state index in [-0.39, 0.29) is 17.2 Å². The molecule has 1 aromatic carbocycles. The summed E-state index contributed by atoms with van der Waals surface area (Å²) in [6, 6.07) is 3.68. The summed E-state index contributed by atoms with van der Waals surface area (Å²) in [6.45, 7) is 1.53. The maximum atomic E-state index is 13.4. The van der Waals surface area contributed by atoms with Crippen LogP contribution >= 0.6 is 11.3 Å². The van der Waals surface area contributed by atoms with Crippen LogP contribution in [0, 0.1) is 18.6 Å². The molecular formula is C11H9F2NOS. The zero-order valence-electron chi connectivity index (χ0n) is 8.50. The van der Waals surface area contributed by atoms with Crippen molar-refractivity contribution in [3.05, 3.63) is 40.4 Å². The molecule has 0 fully saturated rings. The molecule has 5 heteroatoms. The molecule has 1 aromatic heterocycles. The molecular weight excluding hydrogens is 232 g/mol. The molecule has 0 atom stereocenters. The van der Waals surface area contributed by atoms with Crippen molar-refractivity contribution in [2.75, 3.05) is 0 Å². The number of halogens is 2. The molecule has 0 aliphatic rings. The molecule has 0 amide bonds. The van der Waals surface area contributed by atoms with Crippen molar-refractivity contribution in [1.29, 1.82) is 0 Å². The van der Waals surface area contributed by atoms with Gasteiger partial charge in [0, 0.05) is 0 Å². The molecule has 1 heterocycles. The standard InChI is InChI=1S/C11H9F2NOS/c1-6-9(5-15)16-11(14-6)10-7(12)3-2-4-8(10)13/h2-4,15H,5H2,1H3. The van der Waals surface area contributed by atoms with Crippen molar-refractivity contribution >= 4 is 11.3 Å². The molecule has 84 valence electrons. The van der Waals surface area contributed by atoms with Crippen LogP contribution in [-0.2, 0) is 6.61 Å². The van der Waals surface area contributed by atoms with Gasteiger partial charge in [0.05, 0.1) is 22.7 Å². The molecule has 0 aliphatic carbocycles. The van der Waals surface area contributed by atoms with Gasteiger partial charge in [0.2, 0.25) is 0 Å². The number of aromatic nitrogens is 1. The van der Waals surface area contributed by atoms with Crippen LogP contribution in [0.5, 0.6) is 0 Å². The minimum atomic E-state index is -0.641. The van der Waals surface area contributed by atoms with Gasteiger partial charge in [-0.3, -0.25) is 0 Å². The fourth-order valence-electron chi connectivity index (χ4n) is 1.38. The van der Waals surface area contributed by atoms with Gasteiger partial charge >= 0.3 is 0 Å². The molecule has 0 saturated carbocycles. The van der Waals surface area contributed by atoms with Crippen molar-refractivity contribution in [2.24, 2.45) is 0 Å². The molecule has 0 unspecified atom stereocenters. The number of aliphatic hydroxyl groups is 1. The first-order valence-corrected chi connectivity index (χ1v) is 5.46. The summed E-state index contributed by atoms with van der Waals surface area (Å²) in [5, 5.41) is 9.26. The molecule has 0 radical (unpaired) electrons. The second-order valence-corrected chi connectivity index (χ2v) is 4.37. The first kappa shape index (κ1) is 11.2. The predicted octanol–water partition coefficient (Wildman–Crippen LogP) is 2.89. The summed E-state index contributed by atoms with van der Waals surface area (Å²) in [7, 11) is 0. The monoisotopic (exact) mass is 241 g/mol. The molecule has 0 spiro atoms. The van der Waals surface area contributed by atoms with Crippen molar-refractivity contribution < 1.29 is 13.9 Å². The Labute approximate surface area is 95.2 Å². The molecule has 16 heavy (non-hydrogen) atoms. The molecule has 2 nitrogen and oxygen atoms in total.